The van der Waals surface area contributed by atoms with E-state index in [1.807, 2.05) is 17.9 Å². The zero-order valence-corrected chi connectivity index (χ0v) is 16.2. The lowest BCUT2D eigenvalue weighted by Crippen LogP contribution is -2.45. The van der Waals surface area contributed by atoms with E-state index in [-0.39, 0.29) is 17.8 Å². The number of halogens is 1. The van der Waals surface area contributed by atoms with Crippen molar-refractivity contribution in [2.45, 2.75) is 51.5 Å². The Bertz CT molecular complexity index is 657. The van der Waals surface area contributed by atoms with Gasteiger partial charge in [-0.2, -0.15) is 0 Å². The van der Waals surface area contributed by atoms with E-state index in [4.69, 9.17) is 0 Å². The molecular formula is C21H31FN4O. The Morgan fingerprint density at radius 1 is 1.26 bits per heavy atom. The van der Waals surface area contributed by atoms with E-state index < -0.39 is 0 Å². The number of carbonyl (C=O) groups excluding carboxylic acids is 1. The molecule has 3 rings (SSSR count). The molecule has 148 valence electrons. The molecule has 1 heterocycles. The molecule has 6 heteroatoms. The highest BCUT2D eigenvalue weighted by Crippen LogP contribution is 2.27. The highest BCUT2D eigenvalue weighted by atomic mass is 19.1. The number of rotatable bonds is 6. The van der Waals surface area contributed by atoms with Crippen molar-refractivity contribution < 1.29 is 9.18 Å². The van der Waals surface area contributed by atoms with Crippen molar-refractivity contribution in [2.75, 3.05) is 26.2 Å². The molecule has 0 aromatic heterocycles. The van der Waals surface area contributed by atoms with Crippen LogP contribution < -0.4 is 10.6 Å². The van der Waals surface area contributed by atoms with Gasteiger partial charge in [0.25, 0.3) is 0 Å². The number of nitrogens with one attached hydrogen (secondary N) is 2. The molecule has 1 aliphatic heterocycles. The monoisotopic (exact) mass is 374 g/mol. The second-order valence-electron chi connectivity index (χ2n) is 7.50. The van der Waals surface area contributed by atoms with E-state index >= 15 is 0 Å². The van der Waals surface area contributed by atoms with Gasteiger partial charge in [0.1, 0.15) is 5.82 Å². The number of amides is 1. The minimum Gasteiger partial charge on any atom is -0.357 e. The Balaban J connectivity index is 1.50. The number of nitrogens with zero attached hydrogens (tertiary/aromatic N) is 2. The molecule has 1 saturated heterocycles. The number of carbonyl (C=O) groups is 1. The molecule has 1 unspecified atom stereocenters. The molecule has 1 aromatic rings. The van der Waals surface area contributed by atoms with Crippen LogP contribution in [0.4, 0.5) is 4.39 Å². The maximum atomic E-state index is 13.7. The molecule has 27 heavy (non-hydrogen) atoms. The van der Waals surface area contributed by atoms with Crippen LogP contribution in [0.1, 0.15) is 44.6 Å². The Hall–Kier alpha value is -2.11. The standard InChI is InChI=1S/C21H31FN4O/c1-2-23-21(24-13-11-16-7-5-6-10-19(16)22)25-18-12-14-26(15-18)20(27)17-8-3-4-9-17/h5-7,10,17-18H,2-4,8-9,11-15H2,1H3,(H2,23,24,25). The Morgan fingerprint density at radius 2 is 2.04 bits per heavy atom. The van der Waals surface area contributed by atoms with Gasteiger partial charge in [0.2, 0.25) is 5.91 Å². The van der Waals surface area contributed by atoms with Gasteiger partial charge >= 0.3 is 0 Å². The van der Waals surface area contributed by atoms with Crippen molar-refractivity contribution in [3.8, 4) is 0 Å². The van der Waals surface area contributed by atoms with E-state index in [1.165, 1.54) is 18.9 Å². The van der Waals surface area contributed by atoms with Crippen molar-refractivity contribution in [2.24, 2.45) is 10.9 Å². The highest BCUT2D eigenvalue weighted by molar-refractivity contribution is 5.81. The van der Waals surface area contributed by atoms with Gasteiger partial charge in [0.15, 0.2) is 5.96 Å². The molecule has 1 atom stereocenters. The van der Waals surface area contributed by atoms with Gasteiger partial charge in [-0.15, -0.1) is 0 Å². The number of hydrogen-bond acceptors (Lipinski definition) is 2. The molecule has 1 aliphatic carbocycles. The smallest absolute Gasteiger partial charge is 0.225 e. The summed E-state index contributed by atoms with van der Waals surface area (Å²) in [4.78, 5) is 19.2. The molecular weight excluding hydrogens is 343 g/mol. The molecule has 0 spiro atoms. The van der Waals surface area contributed by atoms with Crippen LogP contribution in [0.2, 0.25) is 0 Å². The van der Waals surface area contributed by atoms with Gasteiger partial charge in [-0.1, -0.05) is 31.0 Å². The third-order valence-corrected chi connectivity index (χ3v) is 5.50. The van der Waals surface area contributed by atoms with Crippen LogP contribution in [0.3, 0.4) is 0 Å². The summed E-state index contributed by atoms with van der Waals surface area (Å²) in [7, 11) is 0. The van der Waals surface area contributed by atoms with Gasteiger partial charge in [-0.05, 0) is 44.2 Å². The van der Waals surface area contributed by atoms with Crippen LogP contribution in [0.25, 0.3) is 0 Å². The van der Waals surface area contributed by atoms with Crippen molar-refractivity contribution in [3.05, 3.63) is 35.6 Å². The molecule has 1 amide bonds. The van der Waals surface area contributed by atoms with E-state index in [0.29, 0.717) is 24.4 Å². The predicted molar refractivity (Wildman–Crippen MR) is 106 cm³/mol. The quantitative estimate of drug-likeness (QED) is 0.595. The van der Waals surface area contributed by atoms with Crippen LogP contribution in [-0.4, -0.2) is 49.0 Å². The maximum absolute atomic E-state index is 13.7. The second kappa shape index (κ2) is 9.72. The topological polar surface area (TPSA) is 56.7 Å². The normalized spacial score (nSPS) is 20.9. The molecule has 0 radical (unpaired) electrons. The first-order valence-corrected chi connectivity index (χ1v) is 10.2. The lowest BCUT2D eigenvalue weighted by molar-refractivity contribution is -0.134. The molecule has 0 bridgehead atoms. The van der Waals surface area contributed by atoms with E-state index in [1.54, 1.807) is 12.1 Å². The molecule has 2 aliphatic rings. The van der Waals surface area contributed by atoms with Crippen LogP contribution in [-0.2, 0) is 11.2 Å². The zero-order chi connectivity index (χ0) is 19.1. The summed E-state index contributed by atoms with van der Waals surface area (Å²) in [6.07, 6.45) is 5.98. The third kappa shape index (κ3) is 5.44. The van der Waals surface area contributed by atoms with Gasteiger partial charge in [-0.3, -0.25) is 9.79 Å². The largest absolute Gasteiger partial charge is 0.357 e. The summed E-state index contributed by atoms with van der Waals surface area (Å²) in [6, 6.07) is 7.06. The lowest BCUT2D eigenvalue weighted by Gasteiger charge is -2.21. The number of likely N-dealkylation sites (tertiary alicyclic amines) is 1. The predicted octanol–water partition coefficient (Wildman–Crippen LogP) is 2.71. The summed E-state index contributed by atoms with van der Waals surface area (Å²) in [5.74, 6) is 1.14. The van der Waals surface area contributed by atoms with Gasteiger partial charge in [0.05, 0.1) is 0 Å². The highest BCUT2D eigenvalue weighted by Gasteiger charge is 2.32. The first-order valence-electron chi connectivity index (χ1n) is 10.2. The molecule has 1 aromatic carbocycles. The second-order valence-corrected chi connectivity index (χ2v) is 7.50. The fourth-order valence-electron chi connectivity index (χ4n) is 4.01. The molecule has 2 N–H and O–H groups in total. The minimum atomic E-state index is -0.178. The number of aliphatic imine (C=N–C) groups is 1. The van der Waals surface area contributed by atoms with E-state index in [2.05, 4.69) is 15.6 Å². The number of benzene rings is 1. The molecule has 2 fully saturated rings. The van der Waals surface area contributed by atoms with Crippen molar-refractivity contribution >= 4 is 11.9 Å². The van der Waals surface area contributed by atoms with Crippen molar-refractivity contribution in [1.82, 2.24) is 15.5 Å². The fourth-order valence-corrected chi connectivity index (χ4v) is 4.01. The van der Waals surface area contributed by atoms with Crippen LogP contribution in [0.15, 0.2) is 29.3 Å². The summed E-state index contributed by atoms with van der Waals surface area (Å²) in [5.41, 5.74) is 0.686. The van der Waals surface area contributed by atoms with Gasteiger partial charge in [-0.25, -0.2) is 4.39 Å². The average molecular weight is 375 g/mol. The average Bonchev–Trinajstić information content (AvgIpc) is 3.35. The number of guanidine groups is 1. The van der Waals surface area contributed by atoms with Crippen LogP contribution in [0, 0.1) is 11.7 Å². The van der Waals surface area contributed by atoms with Crippen LogP contribution >= 0.6 is 0 Å². The summed E-state index contributed by atoms with van der Waals surface area (Å²) >= 11 is 0. The first-order chi connectivity index (χ1) is 13.2. The first kappa shape index (κ1) is 19.6. The number of hydrogen-bond donors (Lipinski definition) is 2. The van der Waals surface area contributed by atoms with E-state index in [0.717, 1.165) is 44.9 Å². The van der Waals surface area contributed by atoms with Gasteiger partial charge < -0.3 is 15.5 Å². The third-order valence-electron chi connectivity index (χ3n) is 5.50. The maximum Gasteiger partial charge on any atom is 0.225 e. The zero-order valence-electron chi connectivity index (χ0n) is 16.2. The minimum absolute atomic E-state index is 0.178. The van der Waals surface area contributed by atoms with E-state index in [9.17, 15) is 9.18 Å². The summed E-state index contributed by atoms with van der Waals surface area (Å²) < 4.78 is 13.7. The Kier molecular flexibility index (Phi) is 7.07. The Morgan fingerprint density at radius 3 is 2.78 bits per heavy atom. The molecule has 1 saturated carbocycles. The molecule has 5 nitrogen and oxygen atoms in total. The van der Waals surface area contributed by atoms with Crippen LogP contribution in [0.5, 0.6) is 0 Å². The SMILES string of the molecule is CCNC(=NCCc1ccccc1F)NC1CCN(C(=O)C2CCCC2)C1. The summed E-state index contributed by atoms with van der Waals surface area (Å²) in [6.45, 7) is 4.88. The fraction of sp³-hybridized carbons (Fsp3) is 0.619. The van der Waals surface area contributed by atoms with Gasteiger partial charge in [0, 0.05) is 38.1 Å². The summed E-state index contributed by atoms with van der Waals surface area (Å²) in [5, 5.41) is 6.70. The Labute approximate surface area is 161 Å². The van der Waals surface area contributed by atoms with Crippen molar-refractivity contribution in [3.63, 3.8) is 0 Å². The van der Waals surface area contributed by atoms with Crippen molar-refractivity contribution in [1.29, 1.82) is 0 Å². The lowest BCUT2D eigenvalue weighted by atomic mass is 10.1.